The first-order valence-corrected chi connectivity index (χ1v) is 11.1. The van der Waals surface area contributed by atoms with Crippen LogP contribution in [0.25, 0.3) is 16.7 Å². The summed E-state index contributed by atoms with van der Waals surface area (Å²) < 4.78 is 8.61. The van der Waals surface area contributed by atoms with E-state index in [1.807, 2.05) is 12.1 Å². The number of halogens is 1. The summed E-state index contributed by atoms with van der Waals surface area (Å²) in [5.74, 6) is -0.417. The first-order valence-electron chi connectivity index (χ1n) is 10.7. The fourth-order valence-electron chi connectivity index (χ4n) is 4.09. The molecule has 1 aliphatic rings. The summed E-state index contributed by atoms with van der Waals surface area (Å²) in [4.78, 5) is 31.0. The van der Waals surface area contributed by atoms with Gasteiger partial charge in [0, 0.05) is 24.4 Å². The second-order valence-corrected chi connectivity index (χ2v) is 8.48. The zero-order valence-corrected chi connectivity index (χ0v) is 18.5. The first kappa shape index (κ1) is 21.4. The Morgan fingerprint density at radius 3 is 2.82 bits per heavy atom. The summed E-state index contributed by atoms with van der Waals surface area (Å²) in [6.07, 6.45) is 3.47. The normalized spacial score (nSPS) is 15.8. The average molecular weight is 464 g/mol. The number of fused-ring (bicyclic) bond motifs is 2. The average Bonchev–Trinajstić information content (AvgIpc) is 3.35. The van der Waals surface area contributed by atoms with Crippen LogP contribution in [0, 0.1) is 5.41 Å². The lowest BCUT2D eigenvalue weighted by molar-refractivity contribution is 0.0856. The molecule has 5 rings (SSSR count). The van der Waals surface area contributed by atoms with Gasteiger partial charge in [0.2, 0.25) is 0 Å². The monoisotopic (exact) mass is 463 g/mol. The molecule has 1 atom stereocenters. The minimum atomic E-state index is -0.417. The number of carbonyl (C=O) groups is 1. The Bertz CT molecular complexity index is 1470. The first-order chi connectivity index (χ1) is 16.0. The predicted octanol–water partition coefficient (Wildman–Crippen LogP) is 2.74. The van der Waals surface area contributed by atoms with Crippen LogP contribution in [0.15, 0.2) is 59.5 Å². The molecule has 168 valence electrons. The maximum Gasteiger partial charge on any atom is 0.267 e. The number of hydrogen-bond donors (Lipinski definition) is 2. The molecule has 0 radical (unpaired) electrons. The number of aromatic nitrogens is 3. The Labute approximate surface area is 193 Å². The lowest BCUT2D eigenvalue weighted by atomic mass is 10.1. The number of pyridine rings is 2. The van der Waals surface area contributed by atoms with Crippen LogP contribution in [0.2, 0.25) is 5.02 Å². The molecule has 4 heterocycles. The molecule has 4 aromatic rings. The van der Waals surface area contributed by atoms with Crippen molar-refractivity contribution < 1.29 is 9.53 Å². The van der Waals surface area contributed by atoms with Gasteiger partial charge in [0.15, 0.2) is 0 Å². The van der Waals surface area contributed by atoms with Crippen molar-refractivity contribution in [1.29, 1.82) is 5.41 Å². The van der Waals surface area contributed by atoms with Crippen LogP contribution in [0.3, 0.4) is 0 Å². The molecular weight excluding hydrogens is 442 g/mol. The fourth-order valence-corrected chi connectivity index (χ4v) is 4.22. The Kier molecular flexibility index (Phi) is 5.70. The number of amides is 1. The Hall–Kier alpha value is -3.49. The Morgan fingerprint density at radius 2 is 2.06 bits per heavy atom. The Morgan fingerprint density at radius 1 is 1.24 bits per heavy atom. The third kappa shape index (κ3) is 4.15. The van der Waals surface area contributed by atoms with Gasteiger partial charge in [0.1, 0.15) is 16.8 Å². The number of ether oxygens (including phenoxy) is 1. The zero-order chi connectivity index (χ0) is 22.9. The fraction of sp³-hybridized carbons (Fsp3) is 0.250. The van der Waals surface area contributed by atoms with Crippen LogP contribution >= 0.6 is 11.6 Å². The number of nitrogens with zero attached hydrogens (tertiary/aromatic N) is 3. The molecule has 2 N–H and O–H groups in total. The van der Waals surface area contributed by atoms with Gasteiger partial charge in [-0.1, -0.05) is 29.8 Å². The molecule has 1 aliphatic heterocycles. The Balaban J connectivity index is 1.66. The van der Waals surface area contributed by atoms with Crippen molar-refractivity contribution in [2.75, 3.05) is 13.2 Å². The van der Waals surface area contributed by atoms with E-state index in [0.717, 1.165) is 18.4 Å². The van der Waals surface area contributed by atoms with Gasteiger partial charge >= 0.3 is 0 Å². The summed E-state index contributed by atoms with van der Waals surface area (Å²) in [5, 5.41) is 12.5. The van der Waals surface area contributed by atoms with Crippen molar-refractivity contribution >= 4 is 34.2 Å². The second-order valence-electron chi connectivity index (χ2n) is 8.05. The van der Waals surface area contributed by atoms with E-state index >= 15 is 0 Å². The minimum Gasteiger partial charge on any atom is -0.376 e. The smallest absolute Gasteiger partial charge is 0.267 e. The highest BCUT2D eigenvalue weighted by Gasteiger charge is 2.20. The third-order valence-electron chi connectivity index (χ3n) is 5.83. The van der Waals surface area contributed by atoms with Crippen molar-refractivity contribution in [2.24, 2.45) is 0 Å². The lowest BCUT2D eigenvalue weighted by Crippen LogP contribution is -2.38. The number of nitrogens with one attached hydrogen (secondary N) is 2. The number of carbonyl (C=O) groups excluding carboxylic acids is 1. The molecule has 9 heteroatoms. The third-order valence-corrected chi connectivity index (χ3v) is 6.08. The summed E-state index contributed by atoms with van der Waals surface area (Å²) in [7, 11) is 0. The van der Waals surface area contributed by atoms with E-state index in [2.05, 4.69) is 10.3 Å². The van der Waals surface area contributed by atoms with Crippen molar-refractivity contribution in [1.82, 2.24) is 19.3 Å². The molecule has 0 bridgehead atoms. The van der Waals surface area contributed by atoms with Crippen LogP contribution in [0.1, 0.15) is 28.8 Å². The van der Waals surface area contributed by atoms with E-state index in [1.54, 1.807) is 41.1 Å². The zero-order valence-electron chi connectivity index (χ0n) is 17.8. The molecule has 1 saturated heterocycles. The van der Waals surface area contributed by atoms with Crippen molar-refractivity contribution in [3.05, 3.63) is 86.7 Å². The van der Waals surface area contributed by atoms with E-state index in [0.29, 0.717) is 29.5 Å². The van der Waals surface area contributed by atoms with Crippen molar-refractivity contribution in [3.63, 3.8) is 0 Å². The number of rotatable bonds is 5. The highest BCUT2D eigenvalue weighted by molar-refractivity contribution is 6.30. The van der Waals surface area contributed by atoms with E-state index in [1.165, 1.54) is 10.5 Å². The van der Waals surface area contributed by atoms with Gasteiger partial charge < -0.3 is 14.6 Å². The van der Waals surface area contributed by atoms with E-state index in [9.17, 15) is 9.59 Å². The van der Waals surface area contributed by atoms with Gasteiger partial charge in [-0.05, 0) is 48.7 Å². The highest BCUT2D eigenvalue weighted by Crippen LogP contribution is 2.15. The number of benzene rings is 1. The van der Waals surface area contributed by atoms with Crippen LogP contribution in [0.5, 0.6) is 0 Å². The van der Waals surface area contributed by atoms with Crippen LogP contribution in [-0.4, -0.2) is 39.1 Å². The van der Waals surface area contributed by atoms with Crippen molar-refractivity contribution in [2.45, 2.75) is 25.5 Å². The molecule has 0 aliphatic carbocycles. The molecule has 33 heavy (non-hydrogen) atoms. The van der Waals surface area contributed by atoms with Gasteiger partial charge in [0.25, 0.3) is 11.5 Å². The summed E-state index contributed by atoms with van der Waals surface area (Å²) in [6.45, 7) is 1.31. The van der Waals surface area contributed by atoms with Gasteiger partial charge in [-0.25, -0.2) is 4.98 Å². The molecule has 3 aromatic heterocycles. The van der Waals surface area contributed by atoms with Gasteiger partial charge in [-0.3, -0.25) is 19.4 Å². The summed E-state index contributed by atoms with van der Waals surface area (Å²) >= 11 is 6.02. The summed E-state index contributed by atoms with van der Waals surface area (Å²) in [5.41, 5.74) is 1.48. The molecule has 8 nitrogen and oxygen atoms in total. The van der Waals surface area contributed by atoms with E-state index < -0.39 is 5.91 Å². The highest BCUT2D eigenvalue weighted by atomic mass is 35.5. The maximum absolute atomic E-state index is 13.3. The van der Waals surface area contributed by atoms with Crippen molar-refractivity contribution in [3.8, 4) is 0 Å². The summed E-state index contributed by atoms with van der Waals surface area (Å²) in [6, 6.07) is 14.0. The van der Waals surface area contributed by atoms with E-state index in [-0.39, 0.29) is 34.6 Å². The van der Waals surface area contributed by atoms with Gasteiger partial charge in [-0.15, -0.1) is 0 Å². The molecule has 0 spiro atoms. The molecular formula is C24H22ClN5O3. The van der Waals surface area contributed by atoms with Crippen LogP contribution in [-0.2, 0) is 11.3 Å². The SMILES string of the molecule is N=c1c(C(=O)NC[C@@H]2CCCO2)cc2c(=O)n3ccccc3nc2n1Cc1ccc(Cl)cc1. The molecule has 0 unspecified atom stereocenters. The number of hydrogen-bond acceptors (Lipinski definition) is 5. The predicted molar refractivity (Wildman–Crippen MR) is 125 cm³/mol. The van der Waals surface area contributed by atoms with Gasteiger partial charge in [0.05, 0.1) is 23.6 Å². The van der Waals surface area contributed by atoms with Crippen LogP contribution < -0.4 is 16.4 Å². The standard InChI is InChI=1S/C24H22ClN5O3/c25-16-8-6-15(7-9-16)14-30-21(26)18(23(31)27-13-17-4-3-11-33-17)12-19-22(30)28-20-5-1-2-10-29(20)24(19)32/h1-2,5-10,12,17,26H,3-4,11,13-14H2,(H,27,31)/t17-/m0/s1. The topological polar surface area (TPSA) is 101 Å². The van der Waals surface area contributed by atoms with Gasteiger partial charge in [-0.2, -0.15) is 0 Å². The van der Waals surface area contributed by atoms with Crippen LogP contribution in [0.4, 0.5) is 0 Å². The largest absolute Gasteiger partial charge is 0.376 e. The van der Waals surface area contributed by atoms with E-state index in [4.69, 9.17) is 21.7 Å². The molecule has 1 aromatic carbocycles. The molecule has 1 amide bonds. The quantitative estimate of drug-likeness (QED) is 0.444. The second kappa shape index (κ2) is 8.80. The molecule has 0 saturated carbocycles. The lowest BCUT2D eigenvalue weighted by Gasteiger charge is -2.16. The molecule has 1 fully saturated rings. The maximum atomic E-state index is 13.3. The minimum absolute atomic E-state index is 0.0190.